The van der Waals surface area contributed by atoms with Gasteiger partial charge in [0, 0.05) is 24.9 Å². The number of para-hydroxylation sites is 1. The van der Waals surface area contributed by atoms with Crippen molar-refractivity contribution in [2.45, 2.75) is 31.1 Å². The zero-order valence-corrected chi connectivity index (χ0v) is 16.8. The van der Waals surface area contributed by atoms with Gasteiger partial charge >= 0.3 is 0 Å². The van der Waals surface area contributed by atoms with E-state index in [1.807, 2.05) is 43.3 Å². The van der Waals surface area contributed by atoms with Gasteiger partial charge in [0.25, 0.3) is 0 Å². The molecule has 1 amide bonds. The highest BCUT2D eigenvalue weighted by atomic mass is 32.2. The number of hydrogen-bond acceptors (Lipinski definition) is 4. The molecule has 0 aromatic heterocycles. The summed E-state index contributed by atoms with van der Waals surface area (Å²) in [5.41, 5.74) is 5.92. The van der Waals surface area contributed by atoms with E-state index >= 15 is 0 Å². The number of carbonyl (C=O) groups excluding carboxylic acids is 1. The molecule has 0 bridgehead atoms. The summed E-state index contributed by atoms with van der Waals surface area (Å²) in [5.74, 6) is 0.327. The Balaban J connectivity index is 1.72. The van der Waals surface area contributed by atoms with Crippen molar-refractivity contribution in [1.29, 1.82) is 0 Å². The molecule has 0 atom stereocenters. The number of nitrogens with two attached hydrogens (primary N) is 1. The number of nitrogens with zero attached hydrogens (tertiary/aromatic N) is 1. The van der Waals surface area contributed by atoms with E-state index in [0.29, 0.717) is 37.4 Å². The van der Waals surface area contributed by atoms with E-state index in [1.165, 1.54) is 4.31 Å². The first-order valence-corrected chi connectivity index (χ1v) is 10.8. The lowest BCUT2D eigenvalue weighted by Crippen LogP contribution is -2.47. The molecule has 0 aliphatic carbocycles. The second-order valence-electron chi connectivity index (χ2n) is 7.47. The highest BCUT2D eigenvalue weighted by Crippen LogP contribution is 2.37. The molecule has 2 aromatic carbocycles. The van der Waals surface area contributed by atoms with E-state index in [4.69, 9.17) is 10.5 Å². The molecule has 0 spiro atoms. The zero-order valence-electron chi connectivity index (χ0n) is 16.0. The van der Waals surface area contributed by atoms with Crippen molar-refractivity contribution in [3.8, 4) is 5.75 Å². The van der Waals surface area contributed by atoms with E-state index < -0.39 is 21.3 Å². The van der Waals surface area contributed by atoms with Crippen LogP contribution >= 0.6 is 0 Å². The molecule has 0 radical (unpaired) electrons. The van der Waals surface area contributed by atoms with E-state index in [0.717, 1.165) is 11.3 Å². The monoisotopic (exact) mass is 402 g/mol. The molecule has 0 unspecified atom stereocenters. The van der Waals surface area contributed by atoms with Crippen LogP contribution in [0, 0.1) is 12.3 Å². The van der Waals surface area contributed by atoms with Gasteiger partial charge < -0.3 is 10.5 Å². The Morgan fingerprint density at radius 3 is 2.39 bits per heavy atom. The first-order chi connectivity index (χ1) is 13.3. The van der Waals surface area contributed by atoms with Gasteiger partial charge in [-0.05, 0) is 49.6 Å². The van der Waals surface area contributed by atoms with E-state index in [2.05, 4.69) is 0 Å². The Hall–Kier alpha value is -2.38. The molecule has 0 saturated carbocycles. The van der Waals surface area contributed by atoms with Gasteiger partial charge in [-0.3, -0.25) is 4.79 Å². The van der Waals surface area contributed by atoms with Crippen LogP contribution in [-0.2, 0) is 14.8 Å². The van der Waals surface area contributed by atoms with Crippen LogP contribution in [0.25, 0.3) is 0 Å². The fraction of sp³-hybridized carbons (Fsp3) is 0.381. The minimum atomic E-state index is -3.55. The van der Waals surface area contributed by atoms with Crippen molar-refractivity contribution >= 4 is 15.9 Å². The SMILES string of the molecule is Cc1cccc(S(=O)(=O)N2CCC(COc3ccccc3)(CC(N)=O)CC2)c1. The van der Waals surface area contributed by atoms with Gasteiger partial charge in [0.15, 0.2) is 0 Å². The summed E-state index contributed by atoms with van der Waals surface area (Å²) < 4.78 is 33.3. The van der Waals surface area contributed by atoms with Crippen molar-refractivity contribution < 1.29 is 17.9 Å². The molecule has 2 N–H and O–H groups in total. The highest BCUT2D eigenvalue weighted by Gasteiger charge is 2.40. The summed E-state index contributed by atoms with van der Waals surface area (Å²) in [7, 11) is -3.55. The quantitative estimate of drug-likeness (QED) is 0.771. The molecule has 150 valence electrons. The van der Waals surface area contributed by atoms with Crippen molar-refractivity contribution in [3.63, 3.8) is 0 Å². The van der Waals surface area contributed by atoms with Crippen LogP contribution < -0.4 is 10.5 Å². The normalized spacial score (nSPS) is 17.2. The number of carbonyl (C=O) groups is 1. The predicted octanol–water partition coefficient (Wildman–Crippen LogP) is 2.72. The number of primary amides is 1. The molecule has 28 heavy (non-hydrogen) atoms. The number of aryl methyl sites for hydroxylation is 1. The largest absolute Gasteiger partial charge is 0.493 e. The molecule has 7 heteroatoms. The van der Waals surface area contributed by atoms with Crippen LogP contribution in [0.3, 0.4) is 0 Å². The van der Waals surface area contributed by atoms with E-state index in [9.17, 15) is 13.2 Å². The summed E-state index contributed by atoms with van der Waals surface area (Å²) >= 11 is 0. The Bertz CT molecular complexity index is 920. The summed E-state index contributed by atoms with van der Waals surface area (Å²) in [6, 6.07) is 16.3. The van der Waals surface area contributed by atoms with Gasteiger partial charge in [-0.2, -0.15) is 4.31 Å². The Labute approximate surface area is 166 Å². The predicted molar refractivity (Wildman–Crippen MR) is 107 cm³/mol. The van der Waals surface area contributed by atoms with Crippen molar-refractivity contribution in [2.24, 2.45) is 11.1 Å². The Morgan fingerprint density at radius 2 is 1.79 bits per heavy atom. The molecule has 6 nitrogen and oxygen atoms in total. The number of rotatable bonds is 7. The molecule has 2 aromatic rings. The van der Waals surface area contributed by atoms with Gasteiger partial charge in [-0.25, -0.2) is 8.42 Å². The number of benzene rings is 2. The maximum absolute atomic E-state index is 13.0. The lowest BCUT2D eigenvalue weighted by Gasteiger charge is -2.40. The Morgan fingerprint density at radius 1 is 1.11 bits per heavy atom. The molecular weight excluding hydrogens is 376 g/mol. The molecule has 1 aliphatic rings. The lowest BCUT2D eigenvalue weighted by molar-refractivity contribution is -0.121. The van der Waals surface area contributed by atoms with Crippen molar-refractivity contribution in [2.75, 3.05) is 19.7 Å². The Kier molecular flexibility index (Phi) is 6.05. The number of sulfonamides is 1. The van der Waals surface area contributed by atoms with Gasteiger partial charge in [-0.1, -0.05) is 30.3 Å². The third-order valence-electron chi connectivity index (χ3n) is 5.25. The second-order valence-corrected chi connectivity index (χ2v) is 9.40. The maximum Gasteiger partial charge on any atom is 0.243 e. The molecular formula is C21H26N2O4S. The fourth-order valence-electron chi connectivity index (χ4n) is 3.62. The molecule has 1 aliphatic heterocycles. The van der Waals surface area contributed by atoms with Gasteiger partial charge in [0.1, 0.15) is 5.75 Å². The third kappa shape index (κ3) is 4.72. The standard InChI is InChI=1S/C21H26N2O4S/c1-17-6-5-9-19(14-17)28(25,26)23-12-10-21(11-13-23,15-20(22)24)16-27-18-7-3-2-4-8-18/h2-9,14H,10-13,15-16H2,1H3,(H2,22,24). The van der Waals surface area contributed by atoms with Gasteiger partial charge in [0.05, 0.1) is 11.5 Å². The van der Waals surface area contributed by atoms with Crippen LogP contribution in [0.2, 0.25) is 0 Å². The second kappa shape index (κ2) is 8.32. The highest BCUT2D eigenvalue weighted by molar-refractivity contribution is 7.89. The van der Waals surface area contributed by atoms with Crippen molar-refractivity contribution in [1.82, 2.24) is 4.31 Å². The number of piperidine rings is 1. The summed E-state index contributed by atoms with van der Waals surface area (Å²) in [6.45, 7) is 2.87. The van der Waals surface area contributed by atoms with E-state index in [1.54, 1.807) is 18.2 Å². The topological polar surface area (TPSA) is 89.7 Å². The smallest absolute Gasteiger partial charge is 0.243 e. The van der Waals surface area contributed by atoms with Gasteiger partial charge in [-0.15, -0.1) is 0 Å². The van der Waals surface area contributed by atoms with Crippen LogP contribution in [0.5, 0.6) is 5.75 Å². The fourth-order valence-corrected chi connectivity index (χ4v) is 5.17. The maximum atomic E-state index is 13.0. The third-order valence-corrected chi connectivity index (χ3v) is 7.14. The minimum absolute atomic E-state index is 0.179. The minimum Gasteiger partial charge on any atom is -0.493 e. The van der Waals surface area contributed by atoms with Gasteiger partial charge in [0.2, 0.25) is 15.9 Å². The zero-order chi connectivity index (χ0) is 20.2. The number of amides is 1. The van der Waals surface area contributed by atoms with Crippen LogP contribution in [-0.4, -0.2) is 38.3 Å². The first-order valence-electron chi connectivity index (χ1n) is 9.34. The summed E-state index contributed by atoms with van der Waals surface area (Å²) in [4.78, 5) is 12.0. The molecule has 1 fully saturated rings. The average molecular weight is 403 g/mol. The molecule has 3 rings (SSSR count). The van der Waals surface area contributed by atoms with Crippen LogP contribution in [0.4, 0.5) is 0 Å². The number of ether oxygens (including phenoxy) is 1. The summed E-state index contributed by atoms with van der Waals surface area (Å²) in [5, 5.41) is 0. The molecule has 1 saturated heterocycles. The summed E-state index contributed by atoms with van der Waals surface area (Å²) in [6.07, 6.45) is 1.22. The molecule has 1 heterocycles. The van der Waals surface area contributed by atoms with Crippen molar-refractivity contribution in [3.05, 3.63) is 60.2 Å². The van der Waals surface area contributed by atoms with E-state index in [-0.39, 0.29) is 6.42 Å². The van der Waals surface area contributed by atoms with Crippen LogP contribution in [0.15, 0.2) is 59.5 Å². The first kappa shape index (κ1) is 20.4. The average Bonchev–Trinajstić information content (AvgIpc) is 2.67. The number of hydrogen-bond donors (Lipinski definition) is 1. The lowest BCUT2D eigenvalue weighted by atomic mass is 9.76. The van der Waals surface area contributed by atoms with Crippen LogP contribution in [0.1, 0.15) is 24.8 Å².